The number of halogens is 2. The van der Waals surface area contributed by atoms with Crippen LogP contribution in [0.15, 0.2) is 77.2 Å². The summed E-state index contributed by atoms with van der Waals surface area (Å²) in [5.74, 6) is -0.0573. The van der Waals surface area contributed by atoms with Gasteiger partial charge in [-0.2, -0.15) is 5.26 Å². The maximum atomic E-state index is 14.2. The molecule has 0 spiro atoms. The lowest BCUT2D eigenvalue weighted by Gasteiger charge is -2.21. The van der Waals surface area contributed by atoms with Gasteiger partial charge in [0.15, 0.2) is 0 Å². The highest BCUT2D eigenvalue weighted by Gasteiger charge is 2.28. The molecule has 1 unspecified atom stereocenters. The molecular formula is C38H31F2N7O4S. The Kier molecular flexibility index (Phi) is 7.93. The Balaban J connectivity index is 1.40. The number of hydrogen-bond donors (Lipinski definition) is 1. The van der Waals surface area contributed by atoms with Crippen molar-refractivity contribution in [3.05, 3.63) is 95.6 Å². The molecule has 1 aliphatic heterocycles. The minimum absolute atomic E-state index is 0.188. The molecule has 52 heavy (non-hydrogen) atoms. The molecule has 1 aliphatic rings. The van der Waals surface area contributed by atoms with E-state index in [1.807, 2.05) is 21.4 Å². The molecule has 7 aromatic rings. The summed E-state index contributed by atoms with van der Waals surface area (Å²) >= 11 is 0. The number of benzene rings is 3. The van der Waals surface area contributed by atoms with Gasteiger partial charge < -0.3 is 9.73 Å². The van der Waals surface area contributed by atoms with Gasteiger partial charge in [0, 0.05) is 55.2 Å². The van der Waals surface area contributed by atoms with Crippen LogP contribution in [0.3, 0.4) is 0 Å². The zero-order valence-corrected chi connectivity index (χ0v) is 29.1. The number of fused-ring (bicyclic) bond motifs is 6. The lowest BCUT2D eigenvalue weighted by molar-refractivity contribution is 0.0964. The first-order chi connectivity index (χ1) is 24.9. The topological polar surface area (TPSA) is 137 Å². The number of hydrogen-bond acceptors (Lipinski definition) is 8. The van der Waals surface area contributed by atoms with Gasteiger partial charge in [-0.25, -0.2) is 27.2 Å². The van der Waals surface area contributed by atoms with Crippen molar-refractivity contribution in [2.24, 2.45) is 0 Å². The number of aromatic nitrogens is 3. The summed E-state index contributed by atoms with van der Waals surface area (Å²) in [6.45, 7) is 1.28. The Bertz CT molecular complexity index is 2760. The van der Waals surface area contributed by atoms with Crippen molar-refractivity contribution in [3.63, 3.8) is 0 Å². The third-order valence-electron chi connectivity index (χ3n) is 9.65. The Morgan fingerprint density at radius 3 is 2.56 bits per heavy atom. The number of carbonyl (C=O) groups is 1. The van der Waals surface area contributed by atoms with Gasteiger partial charge >= 0.3 is 0 Å². The number of likely N-dealkylation sites (tertiary alicyclic amines) is 1. The zero-order chi connectivity index (χ0) is 36.5. The van der Waals surface area contributed by atoms with Crippen molar-refractivity contribution in [2.45, 2.75) is 19.1 Å². The molecule has 1 amide bonds. The maximum absolute atomic E-state index is 14.2. The predicted octanol–water partition coefficient (Wildman–Crippen LogP) is 6.43. The van der Waals surface area contributed by atoms with Crippen LogP contribution in [0, 0.1) is 17.1 Å². The first-order valence-electron chi connectivity index (χ1n) is 16.5. The number of alkyl halides is 1. The van der Waals surface area contributed by atoms with Crippen LogP contribution in [-0.4, -0.2) is 73.2 Å². The van der Waals surface area contributed by atoms with Crippen LogP contribution in [0.5, 0.6) is 0 Å². The van der Waals surface area contributed by atoms with E-state index >= 15 is 0 Å². The number of amides is 1. The monoisotopic (exact) mass is 719 g/mol. The van der Waals surface area contributed by atoms with Gasteiger partial charge in [0.2, 0.25) is 10.0 Å². The van der Waals surface area contributed by atoms with E-state index in [4.69, 9.17) is 14.4 Å². The second-order valence-corrected chi connectivity index (χ2v) is 14.9. The van der Waals surface area contributed by atoms with Crippen molar-refractivity contribution in [3.8, 4) is 28.7 Å². The van der Waals surface area contributed by atoms with Crippen LogP contribution >= 0.6 is 0 Å². The molecule has 8 rings (SSSR count). The number of nitriles is 1. The van der Waals surface area contributed by atoms with Crippen molar-refractivity contribution >= 4 is 60.0 Å². The summed E-state index contributed by atoms with van der Waals surface area (Å²) in [5.41, 5.74) is 4.83. The smallest absolute Gasteiger partial charge is 0.255 e. The molecule has 0 bridgehead atoms. The van der Waals surface area contributed by atoms with Crippen molar-refractivity contribution in [1.29, 1.82) is 5.26 Å². The Morgan fingerprint density at radius 1 is 1.08 bits per heavy atom. The number of nitrogens with one attached hydrogen (secondary N) is 1. The largest absolute Gasteiger partial charge is 0.455 e. The molecule has 5 heterocycles. The molecule has 0 aliphatic carbocycles. The Hall–Kier alpha value is -5.91. The molecule has 11 nitrogen and oxygen atoms in total. The minimum Gasteiger partial charge on any atom is -0.455 e. The summed E-state index contributed by atoms with van der Waals surface area (Å²) in [4.78, 5) is 25.5. The van der Waals surface area contributed by atoms with Crippen molar-refractivity contribution in [1.82, 2.24) is 24.6 Å². The van der Waals surface area contributed by atoms with Crippen molar-refractivity contribution < 1.29 is 26.4 Å². The molecule has 1 atom stereocenters. The van der Waals surface area contributed by atoms with Gasteiger partial charge in [-0.05, 0) is 67.1 Å². The van der Waals surface area contributed by atoms with Gasteiger partial charge in [0.05, 0.1) is 57.9 Å². The van der Waals surface area contributed by atoms with Crippen molar-refractivity contribution in [2.75, 3.05) is 37.7 Å². The van der Waals surface area contributed by atoms with Crippen LogP contribution < -0.4 is 9.62 Å². The third kappa shape index (κ3) is 5.49. The quantitative estimate of drug-likeness (QED) is 0.199. The van der Waals surface area contributed by atoms with Crippen LogP contribution in [0.25, 0.3) is 61.0 Å². The van der Waals surface area contributed by atoms with Crippen LogP contribution in [0.2, 0.25) is 0 Å². The summed E-state index contributed by atoms with van der Waals surface area (Å²) in [5, 5.41) is 13.7. The predicted molar refractivity (Wildman–Crippen MR) is 195 cm³/mol. The minimum atomic E-state index is -3.80. The second-order valence-electron chi connectivity index (χ2n) is 12.9. The first-order valence-corrected chi connectivity index (χ1v) is 18.3. The van der Waals surface area contributed by atoms with Gasteiger partial charge in [-0.15, -0.1) is 0 Å². The first kappa shape index (κ1) is 33.2. The van der Waals surface area contributed by atoms with E-state index in [2.05, 4.69) is 11.4 Å². The van der Waals surface area contributed by atoms with E-state index < -0.39 is 27.9 Å². The lowest BCUT2D eigenvalue weighted by atomic mass is 10.0. The zero-order valence-electron chi connectivity index (χ0n) is 28.3. The molecule has 3 aromatic carbocycles. The molecular weight excluding hydrogens is 689 g/mol. The molecule has 262 valence electrons. The van der Waals surface area contributed by atoms with Crippen LogP contribution in [0.4, 0.5) is 14.5 Å². The standard InChI is InChI=1S/C38H31F2N7O4S/c1-42-38(48)35-27-15-26(31(45(2)52(3,49)50)17-33(27)51-37(35)21-7-9-23(39)10-8-21)28-11-12-29-36(44-28)32-16-25-22(18-41)5-4-6-30(25)47(32)34(43-29)20-46-14-13-24(40)19-46/h4-12,15-17,24H,13-14,19-20H2,1-3H3,(H,42,48). The van der Waals surface area contributed by atoms with E-state index in [1.54, 1.807) is 36.4 Å². The van der Waals surface area contributed by atoms with E-state index in [1.165, 1.54) is 38.4 Å². The normalized spacial score (nSPS) is 15.2. The van der Waals surface area contributed by atoms with E-state index in [0.29, 0.717) is 81.6 Å². The summed E-state index contributed by atoms with van der Waals surface area (Å²) < 4.78 is 63.3. The second kappa shape index (κ2) is 12.4. The fourth-order valence-corrected chi connectivity index (χ4v) is 7.53. The highest BCUT2D eigenvalue weighted by Crippen LogP contribution is 2.41. The van der Waals surface area contributed by atoms with Gasteiger partial charge in [-0.3, -0.25) is 18.4 Å². The number of sulfonamides is 1. The molecule has 0 radical (unpaired) electrons. The fourth-order valence-electron chi connectivity index (χ4n) is 7.02. The number of nitrogens with zero attached hydrogens (tertiary/aromatic N) is 6. The molecule has 14 heteroatoms. The number of anilines is 1. The maximum Gasteiger partial charge on any atom is 0.255 e. The number of furan rings is 1. The van der Waals surface area contributed by atoms with E-state index in [9.17, 15) is 27.3 Å². The average Bonchev–Trinajstić information content (AvgIpc) is 3.85. The number of pyridine rings is 1. The summed E-state index contributed by atoms with van der Waals surface area (Å²) in [7, 11) is -0.894. The fraction of sp³-hybridized carbons (Fsp3) is 0.211. The summed E-state index contributed by atoms with van der Waals surface area (Å²) in [6.07, 6.45) is 0.621. The van der Waals surface area contributed by atoms with Gasteiger partial charge in [0.25, 0.3) is 5.91 Å². The van der Waals surface area contributed by atoms with Gasteiger partial charge in [0.1, 0.15) is 34.7 Å². The molecule has 1 fully saturated rings. The third-order valence-corrected chi connectivity index (χ3v) is 10.8. The highest BCUT2D eigenvalue weighted by atomic mass is 32.2. The lowest BCUT2D eigenvalue weighted by Crippen LogP contribution is -2.25. The van der Waals surface area contributed by atoms with Gasteiger partial charge in [-0.1, -0.05) is 6.07 Å². The highest BCUT2D eigenvalue weighted by molar-refractivity contribution is 7.92. The SMILES string of the molecule is CNC(=O)c1c(-c2ccc(F)cc2)oc2cc(N(C)S(C)(=O)=O)c(-c3ccc4nc(CN5CCC(F)C5)n5c6cccc(C#N)c6cc5c4n3)cc12. The van der Waals surface area contributed by atoms with E-state index in [-0.39, 0.29) is 22.6 Å². The van der Waals surface area contributed by atoms with Crippen LogP contribution in [0.1, 0.15) is 28.2 Å². The molecule has 0 saturated carbocycles. The summed E-state index contributed by atoms with van der Waals surface area (Å²) in [6, 6.07) is 21.9. The molecule has 4 aromatic heterocycles. The Morgan fingerprint density at radius 2 is 1.87 bits per heavy atom. The molecule has 1 saturated heterocycles. The molecule has 1 N–H and O–H groups in total. The number of carbonyl (C=O) groups excluding carboxylic acids is 1. The van der Waals surface area contributed by atoms with E-state index in [0.717, 1.165) is 16.1 Å². The average molecular weight is 720 g/mol. The Labute approximate surface area is 296 Å². The van der Waals surface area contributed by atoms with Crippen LogP contribution in [-0.2, 0) is 16.6 Å². The number of rotatable bonds is 7.